The van der Waals surface area contributed by atoms with Crippen molar-refractivity contribution in [3.05, 3.63) is 126 Å². The molecule has 0 N–H and O–H groups in total. The molecule has 0 aliphatic carbocycles. The molecule has 0 saturated carbocycles. The Morgan fingerprint density at radius 2 is 1.17 bits per heavy atom. The highest BCUT2D eigenvalue weighted by Crippen LogP contribution is 2.52. The Bertz CT molecular complexity index is 2340. The van der Waals surface area contributed by atoms with Crippen LogP contribution in [-0.2, 0) is 9.47 Å². The highest BCUT2D eigenvalue weighted by atomic mass is 16.7. The van der Waals surface area contributed by atoms with Crippen LogP contribution in [-0.4, -0.2) is 54.3 Å². The van der Waals surface area contributed by atoms with Crippen molar-refractivity contribution in [1.29, 1.82) is 0 Å². The fourth-order valence-electron chi connectivity index (χ4n) is 6.88. The zero-order chi connectivity index (χ0) is 37.1. The number of hydrogen-bond acceptors (Lipinski definition) is 9. The second kappa shape index (κ2) is 14.9. The molecule has 1 aliphatic heterocycles. The average Bonchev–Trinajstić information content (AvgIpc) is 3.71. The van der Waals surface area contributed by atoms with Crippen LogP contribution in [0.5, 0.6) is 28.7 Å². The number of methoxy groups -OCH3 is 5. The SMILES string of the molecule is COC(=O)c1ccccc1-c1cc(-c2cccc(-c3cccc4c3OCO4)c2OC)c(-c2cccc(OC)c2)c(-c2ccc(OC)cc2)c1C(=O)OC. The Morgan fingerprint density at radius 3 is 1.89 bits per heavy atom. The lowest BCUT2D eigenvalue weighted by molar-refractivity contribution is 0.0590. The first-order valence-electron chi connectivity index (χ1n) is 16.7. The summed E-state index contributed by atoms with van der Waals surface area (Å²) in [4.78, 5) is 27.5. The molecule has 0 bridgehead atoms. The highest BCUT2D eigenvalue weighted by molar-refractivity contribution is 6.14. The smallest absolute Gasteiger partial charge is 0.339 e. The molecule has 9 heteroatoms. The minimum atomic E-state index is -0.598. The third-order valence-electron chi connectivity index (χ3n) is 9.27. The van der Waals surface area contributed by atoms with E-state index in [0.29, 0.717) is 67.7 Å². The summed E-state index contributed by atoms with van der Waals surface area (Å²) >= 11 is 0. The second-order valence-corrected chi connectivity index (χ2v) is 12.0. The van der Waals surface area contributed by atoms with Crippen molar-refractivity contribution >= 4 is 11.9 Å². The molecule has 0 saturated heterocycles. The Balaban J connectivity index is 1.68. The van der Waals surface area contributed by atoms with Gasteiger partial charge in [-0.2, -0.15) is 0 Å². The van der Waals surface area contributed by atoms with E-state index in [2.05, 4.69) is 0 Å². The molecule has 0 amide bonds. The van der Waals surface area contributed by atoms with Crippen molar-refractivity contribution in [2.24, 2.45) is 0 Å². The first kappa shape index (κ1) is 34.7. The Hall–Kier alpha value is -6.74. The van der Waals surface area contributed by atoms with Gasteiger partial charge >= 0.3 is 11.9 Å². The van der Waals surface area contributed by atoms with Crippen molar-refractivity contribution in [2.75, 3.05) is 42.3 Å². The highest BCUT2D eigenvalue weighted by Gasteiger charge is 2.31. The third kappa shape index (κ3) is 6.27. The average molecular weight is 709 g/mol. The lowest BCUT2D eigenvalue weighted by atomic mass is 9.79. The molecule has 0 aromatic heterocycles. The largest absolute Gasteiger partial charge is 0.497 e. The normalized spacial score (nSPS) is 11.5. The Kier molecular flexibility index (Phi) is 9.72. The molecule has 1 heterocycles. The first-order chi connectivity index (χ1) is 25.9. The van der Waals surface area contributed by atoms with Gasteiger partial charge in [0.25, 0.3) is 0 Å². The topological polar surface area (TPSA) is 98.8 Å². The van der Waals surface area contributed by atoms with E-state index in [1.165, 1.54) is 14.2 Å². The second-order valence-electron chi connectivity index (χ2n) is 12.0. The van der Waals surface area contributed by atoms with E-state index in [9.17, 15) is 9.59 Å². The Morgan fingerprint density at radius 1 is 0.509 bits per heavy atom. The van der Waals surface area contributed by atoms with E-state index in [1.807, 2.05) is 97.1 Å². The van der Waals surface area contributed by atoms with Gasteiger partial charge in [0.1, 0.15) is 17.2 Å². The number of benzene rings is 6. The van der Waals surface area contributed by atoms with Crippen LogP contribution < -0.4 is 23.7 Å². The quantitative estimate of drug-likeness (QED) is 0.129. The lowest BCUT2D eigenvalue weighted by Crippen LogP contribution is -2.11. The van der Waals surface area contributed by atoms with Gasteiger partial charge < -0.3 is 33.2 Å². The van der Waals surface area contributed by atoms with Gasteiger partial charge in [-0.1, -0.05) is 72.8 Å². The van der Waals surface area contributed by atoms with E-state index in [0.717, 1.165) is 16.7 Å². The summed E-state index contributed by atoms with van der Waals surface area (Å²) in [6, 6.07) is 35.6. The number of carbonyl (C=O) groups is 2. The van der Waals surface area contributed by atoms with E-state index >= 15 is 0 Å². The molecule has 0 radical (unpaired) electrons. The molecule has 0 fully saturated rings. The maximum Gasteiger partial charge on any atom is 0.339 e. The summed E-state index contributed by atoms with van der Waals surface area (Å²) in [6.07, 6.45) is 0. The van der Waals surface area contributed by atoms with E-state index in [-0.39, 0.29) is 17.9 Å². The standard InChI is InChI=1S/C44H36O9/c1-47-28-21-19-26(20-22-28)39-38(27-11-8-12-29(23-27)48-2)36(24-35(40(39)44(46)51-5)30-13-6-7-14-34(30)43(45)50-4)33-16-9-15-31(41(33)49-3)32-17-10-18-37-42(32)53-25-52-37/h6-24H,25H2,1-5H3. The maximum absolute atomic E-state index is 14.3. The van der Waals surface area contributed by atoms with Crippen LogP contribution in [0.4, 0.5) is 0 Å². The zero-order valence-electron chi connectivity index (χ0n) is 29.9. The molecule has 7 rings (SSSR count). The molecular formula is C44H36O9. The van der Waals surface area contributed by atoms with Gasteiger partial charge in [0, 0.05) is 22.3 Å². The molecule has 1 aliphatic rings. The van der Waals surface area contributed by atoms with E-state index in [4.69, 9.17) is 33.2 Å². The number of esters is 2. The number of fused-ring (bicyclic) bond motifs is 1. The molecule has 0 spiro atoms. The molecule has 266 valence electrons. The number of para-hydroxylation sites is 2. The fraction of sp³-hybridized carbons (Fsp3) is 0.136. The van der Waals surface area contributed by atoms with Crippen LogP contribution in [0, 0.1) is 0 Å². The van der Waals surface area contributed by atoms with Crippen molar-refractivity contribution in [1.82, 2.24) is 0 Å². The minimum Gasteiger partial charge on any atom is -0.497 e. The molecule has 0 atom stereocenters. The van der Waals surface area contributed by atoms with Crippen molar-refractivity contribution in [2.45, 2.75) is 0 Å². The van der Waals surface area contributed by atoms with Crippen LogP contribution >= 0.6 is 0 Å². The van der Waals surface area contributed by atoms with Gasteiger partial charge in [-0.05, 0) is 75.8 Å². The summed E-state index contributed by atoms with van der Waals surface area (Å²) < 4.78 is 39.9. The summed E-state index contributed by atoms with van der Waals surface area (Å²) in [5.41, 5.74) is 7.14. The Labute approximate surface area is 307 Å². The minimum absolute atomic E-state index is 0.109. The van der Waals surface area contributed by atoms with Crippen molar-refractivity contribution in [3.63, 3.8) is 0 Å². The molecule has 6 aromatic rings. The van der Waals surface area contributed by atoms with Gasteiger partial charge in [0.05, 0.1) is 46.7 Å². The summed E-state index contributed by atoms with van der Waals surface area (Å²) in [6.45, 7) is 0.109. The van der Waals surface area contributed by atoms with E-state index < -0.39 is 11.9 Å². The van der Waals surface area contributed by atoms with Crippen molar-refractivity contribution in [3.8, 4) is 84.4 Å². The number of rotatable bonds is 10. The number of carbonyl (C=O) groups excluding carboxylic acids is 2. The number of ether oxygens (including phenoxy) is 7. The summed E-state index contributed by atoms with van der Waals surface area (Å²) in [5.74, 6) is 1.91. The predicted molar refractivity (Wildman–Crippen MR) is 202 cm³/mol. The van der Waals surface area contributed by atoms with Crippen LogP contribution in [0.15, 0.2) is 115 Å². The molecular weight excluding hydrogens is 672 g/mol. The van der Waals surface area contributed by atoms with Gasteiger partial charge in [-0.25, -0.2) is 9.59 Å². The first-order valence-corrected chi connectivity index (χ1v) is 16.7. The molecule has 6 aromatic carbocycles. The monoisotopic (exact) mass is 708 g/mol. The molecule has 0 unspecified atom stereocenters. The third-order valence-corrected chi connectivity index (χ3v) is 9.27. The van der Waals surface area contributed by atoms with Gasteiger partial charge in [-0.3, -0.25) is 0 Å². The van der Waals surface area contributed by atoms with Crippen LogP contribution in [0.2, 0.25) is 0 Å². The van der Waals surface area contributed by atoms with Gasteiger partial charge in [-0.15, -0.1) is 0 Å². The molecule has 9 nitrogen and oxygen atoms in total. The summed E-state index contributed by atoms with van der Waals surface area (Å²) in [7, 11) is 7.48. The van der Waals surface area contributed by atoms with Crippen LogP contribution in [0.1, 0.15) is 20.7 Å². The zero-order valence-corrected chi connectivity index (χ0v) is 29.9. The van der Waals surface area contributed by atoms with Gasteiger partial charge in [0.15, 0.2) is 11.5 Å². The van der Waals surface area contributed by atoms with Crippen LogP contribution in [0.3, 0.4) is 0 Å². The lowest BCUT2D eigenvalue weighted by Gasteiger charge is -2.25. The predicted octanol–water partition coefficient (Wildman–Crippen LogP) is 9.35. The van der Waals surface area contributed by atoms with Crippen molar-refractivity contribution < 1.29 is 42.7 Å². The van der Waals surface area contributed by atoms with Gasteiger partial charge in [0.2, 0.25) is 6.79 Å². The summed E-state index contributed by atoms with van der Waals surface area (Å²) in [5, 5.41) is 0. The van der Waals surface area contributed by atoms with Crippen LogP contribution in [0.25, 0.3) is 55.6 Å². The fourth-order valence-corrected chi connectivity index (χ4v) is 6.88. The van der Waals surface area contributed by atoms with E-state index in [1.54, 1.807) is 39.5 Å². The maximum atomic E-state index is 14.3. The number of hydrogen-bond donors (Lipinski definition) is 0. The molecule has 53 heavy (non-hydrogen) atoms.